The van der Waals surface area contributed by atoms with E-state index in [0.29, 0.717) is 17.8 Å². The molecular weight excluding hydrogens is 624 g/mol. The molecule has 238 valence electrons. The fourth-order valence-electron chi connectivity index (χ4n) is 4.33. The molecule has 3 heterocycles. The summed E-state index contributed by atoms with van der Waals surface area (Å²) in [6.45, 7) is 0.119. The molecule has 1 N–H and O–H groups in total. The Bertz CT molecular complexity index is 1910. The van der Waals surface area contributed by atoms with E-state index >= 15 is 0 Å². The fourth-order valence-corrected chi connectivity index (χ4v) is 4.33. The van der Waals surface area contributed by atoms with Crippen LogP contribution in [-0.2, 0) is 28.5 Å². The van der Waals surface area contributed by atoms with Crippen molar-refractivity contribution >= 4 is 23.2 Å². The fraction of sp³-hybridized carbons (Fsp3) is 0.167. The van der Waals surface area contributed by atoms with Gasteiger partial charge in [-0.3, -0.25) is 14.4 Å². The topological polar surface area (TPSA) is 123 Å². The van der Waals surface area contributed by atoms with Crippen LogP contribution in [-0.4, -0.2) is 33.3 Å². The average Bonchev–Trinajstić information content (AvgIpc) is 3.68. The SMILES string of the molecule is Cc1cc(-c2cc(=O)n(CC(=O)N(CC(=O)Nc3ccc(C(F)(F)F)cc3)c3ccc(C(F)(F)F)cc3)nc2-c2ccco2)on1. The van der Waals surface area contributed by atoms with Gasteiger partial charge >= 0.3 is 12.4 Å². The molecule has 0 fully saturated rings. The van der Waals surface area contributed by atoms with Crippen LogP contribution in [0.3, 0.4) is 0 Å². The summed E-state index contributed by atoms with van der Waals surface area (Å²) in [5.74, 6) is -1.41. The number of aromatic nitrogens is 3. The lowest BCUT2D eigenvalue weighted by molar-refractivity contribution is -0.138. The van der Waals surface area contributed by atoms with Gasteiger partial charge in [0, 0.05) is 23.5 Å². The number of alkyl halides is 6. The van der Waals surface area contributed by atoms with Gasteiger partial charge in [-0.15, -0.1) is 0 Å². The number of hydrogen-bond donors (Lipinski definition) is 1. The third-order valence-corrected chi connectivity index (χ3v) is 6.54. The zero-order chi connectivity index (χ0) is 33.2. The number of nitrogens with zero attached hydrogens (tertiary/aromatic N) is 4. The number of furan rings is 1. The Morgan fingerprint density at radius 1 is 0.891 bits per heavy atom. The zero-order valence-electron chi connectivity index (χ0n) is 23.5. The van der Waals surface area contributed by atoms with Gasteiger partial charge in [0.1, 0.15) is 18.8 Å². The summed E-state index contributed by atoms with van der Waals surface area (Å²) in [5, 5.41) is 10.4. The largest absolute Gasteiger partial charge is 0.463 e. The molecule has 0 spiro atoms. The molecular formula is C30H21F6N5O5. The zero-order valence-corrected chi connectivity index (χ0v) is 23.5. The molecule has 0 aliphatic carbocycles. The van der Waals surface area contributed by atoms with Crippen LogP contribution in [0.5, 0.6) is 0 Å². The Morgan fingerprint density at radius 3 is 2.07 bits per heavy atom. The number of anilines is 2. The molecule has 3 aromatic heterocycles. The van der Waals surface area contributed by atoms with E-state index in [2.05, 4.69) is 15.6 Å². The van der Waals surface area contributed by atoms with Crippen LogP contribution < -0.4 is 15.8 Å². The molecule has 5 rings (SSSR count). The summed E-state index contributed by atoms with van der Waals surface area (Å²) in [5.41, 5.74) is -2.07. The number of hydrogen-bond acceptors (Lipinski definition) is 7. The maximum absolute atomic E-state index is 13.6. The quantitative estimate of drug-likeness (QED) is 0.200. The number of nitrogens with one attached hydrogen (secondary N) is 1. The van der Waals surface area contributed by atoms with Gasteiger partial charge in [0.2, 0.25) is 11.8 Å². The molecule has 0 radical (unpaired) electrons. The highest BCUT2D eigenvalue weighted by Gasteiger charge is 2.32. The molecule has 16 heteroatoms. The van der Waals surface area contributed by atoms with E-state index in [1.54, 1.807) is 25.1 Å². The molecule has 0 saturated heterocycles. The van der Waals surface area contributed by atoms with E-state index in [-0.39, 0.29) is 34.2 Å². The molecule has 2 amide bonds. The number of carbonyl (C=O) groups excluding carboxylic acids is 2. The normalized spacial score (nSPS) is 11.8. The first kappa shape index (κ1) is 31.7. The highest BCUT2D eigenvalue weighted by Crippen LogP contribution is 2.32. The first-order valence-electron chi connectivity index (χ1n) is 13.2. The standard InChI is InChI=1S/C30H21F6N5O5/c1-17-13-24(46-39-17)22-14-26(43)41(38-28(22)23-3-2-12-45-23)16-27(44)40(21-10-6-19(7-11-21)30(34,35)36)15-25(42)37-20-8-4-18(5-9-20)29(31,32)33/h2-14H,15-16H2,1H3,(H,37,42). The number of benzene rings is 2. The van der Waals surface area contributed by atoms with Crippen molar-refractivity contribution in [3.05, 3.63) is 106 Å². The van der Waals surface area contributed by atoms with Crippen molar-refractivity contribution < 1.29 is 44.9 Å². The Labute approximate surface area is 254 Å². The van der Waals surface area contributed by atoms with Gasteiger partial charge in [-0.05, 0) is 67.6 Å². The summed E-state index contributed by atoms with van der Waals surface area (Å²) >= 11 is 0. The van der Waals surface area contributed by atoms with E-state index in [9.17, 15) is 40.7 Å². The smallest absolute Gasteiger partial charge is 0.416 e. The van der Waals surface area contributed by atoms with Gasteiger partial charge in [0.15, 0.2) is 11.5 Å². The first-order chi connectivity index (χ1) is 21.7. The minimum absolute atomic E-state index is 0.0305. The molecule has 5 aromatic rings. The molecule has 46 heavy (non-hydrogen) atoms. The summed E-state index contributed by atoms with van der Waals surface area (Å²) in [7, 11) is 0. The summed E-state index contributed by atoms with van der Waals surface area (Å²) in [6.07, 6.45) is -7.94. The van der Waals surface area contributed by atoms with E-state index < -0.39 is 53.9 Å². The van der Waals surface area contributed by atoms with E-state index in [1.165, 1.54) is 6.26 Å². The third kappa shape index (κ3) is 7.17. The van der Waals surface area contributed by atoms with Crippen LogP contribution in [0.1, 0.15) is 16.8 Å². The molecule has 10 nitrogen and oxygen atoms in total. The van der Waals surface area contributed by atoms with Gasteiger partial charge in [0.05, 0.1) is 28.6 Å². The minimum Gasteiger partial charge on any atom is -0.463 e. The Morgan fingerprint density at radius 2 is 1.52 bits per heavy atom. The van der Waals surface area contributed by atoms with Crippen molar-refractivity contribution in [2.75, 3.05) is 16.8 Å². The predicted molar refractivity (Wildman–Crippen MR) is 150 cm³/mol. The molecule has 0 aliphatic rings. The molecule has 0 aliphatic heterocycles. The third-order valence-electron chi connectivity index (χ3n) is 6.54. The van der Waals surface area contributed by atoms with Gasteiger partial charge in [-0.1, -0.05) is 5.16 Å². The monoisotopic (exact) mass is 645 g/mol. The van der Waals surface area contributed by atoms with Crippen molar-refractivity contribution in [2.24, 2.45) is 0 Å². The van der Waals surface area contributed by atoms with Gasteiger partial charge < -0.3 is 19.2 Å². The number of halogens is 6. The van der Waals surface area contributed by atoms with Crippen LogP contribution in [0.25, 0.3) is 22.8 Å². The minimum atomic E-state index is -4.68. The summed E-state index contributed by atoms with van der Waals surface area (Å²) < 4.78 is 89.8. The van der Waals surface area contributed by atoms with Crippen molar-refractivity contribution in [2.45, 2.75) is 25.8 Å². The maximum atomic E-state index is 13.6. The number of carbonyl (C=O) groups is 2. The lowest BCUT2D eigenvalue weighted by Gasteiger charge is -2.23. The average molecular weight is 646 g/mol. The maximum Gasteiger partial charge on any atom is 0.416 e. The lowest BCUT2D eigenvalue weighted by Crippen LogP contribution is -2.42. The first-order valence-corrected chi connectivity index (χ1v) is 13.2. The Kier molecular flexibility index (Phi) is 8.54. The summed E-state index contributed by atoms with van der Waals surface area (Å²) in [6, 6.07) is 12.6. The van der Waals surface area contributed by atoms with Crippen LogP contribution in [0, 0.1) is 6.92 Å². The van der Waals surface area contributed by atoms with Crippen LogP contribution in [0.4, 0.5) is 37.7 Å². The van der Waals surface area contributed by atoms with Crippen LogP contribution in [0.2, 0.25) is 0 Å². The molecule has 0 saturated carbocycles. The number of aryl methyl sites for hydroxylation is 1. The molecule has 0 bridgehead atoms. The van der Waals surface area contributed by atoms with Crippen molar-refractivity contribution in [3.8, 4) is 22.8 Å². The van der Waals surface area contributed by atoms with Crippen molar-refractivity contribution in [1.82, 2.24) is 14.9 Å². The van der Waals surface area contributed by atoms with E-state index in [0.717, 1.165) is 52.0 Å². The Balaban J connectivity index is 1.46. The second-order valence-electron chi connectivity index (χ2n) is 9.86. The highest BCUT2D eigenvalue weighted by atomic mass is 19.4. The molecule has 0 unspecified atom stereocenters. The van der Waals surface area contributed by atoms with Crippen LogP contribution >= 0.6 is 0 Å². The predicted octanol–water partition coefficient (Wildman–Crippen LogP) is 6.18. The van der Waals surface area contributed by atoms with E-state index in [1.807, 2.05) is 0 Å². The second-order valence-corrected chi connectivity index (χ2v) is 9.86. The lowest BCUT2D eigenvalue weighted by atomic mass is 10.1. The van der Waals surface area contributed by atoms with Gasteiger partial charge in [0.25, 0.3) is 5.56 Å². The molecule has 0 atom stereocenters. The van der Waals surface area contributed by atoms with Crippen LogP contribution in [0.15, 0.2) is 92.8 Å². The molecule has 2 aromatic carbocycles. The Hall–Kier alpha value is -5.67. The van der Waals surface area contributed by atoms with Gasteiger partial charge in [-0.25, -0.2) is 4.68 Å². The van der Waals surface area contributed by atoms with E-state index in [4.69, 9.17) is 8.94 Å². The van der Waals surface area contributed by atoms with Crippen molar-refractivity contribution in [3.63, 3.8) is 0 Å². The summed E-state index contributed by atoms with van der Waals surface area (Å²) in [4.78, 5) is 40.4. The second kappa shape index (κ2) is 12.4. The number of amides is 2. The number of rotatable bonds is 8. The van der Waals surface area contributed by atoms with Crippen molar-refractivity contribution in [1.29, 1.82) is 0 Å². The highest BCUT2D eigenvalue weighted by molar-refractivity contribution is 6.02. The van der Waals surface area contributed by atoms with Gasteiger partial charge in [-0.2, -0.15) is 31.4 Å².